The van der Waals surface area contributed by atoms with Crippen LogP contribution in [-0.2, 0) is 4.79 Å². The number of hydrogen-bond donors (Lipinski definition) is 1. The fourth-order valence-electron chi connectivity index (χ4n) is 3.94. The van der Waals surface area contributed by atoms with Gasteiger partial charge >= 0.3 is 5.97 Å². The molecule has 1 fully saturated rings. The highest BCUT2D eigenvalue weighted by Gasteiger charge is 2.60. The molecule has 2 nitrogen and oxygen atoms in total. The average molecular weight is 328 g/mol. The average Bonchev–Trinajstić information content (AvgIpc) is 3.04. The van der Waals surface area contributed by atoms with Gasteiger partial charge < -0.3 is 5.11 Å². The number of aliphatic carboxylic acids is 1. The summed E-state index contributed by atoms with van der Waals surface area (Å²) >= 11 is 0. The van der Waals surface area contributed by atoms with E-state index in [4.69, 9.17) is 0 Å². The van der Waals surface area contributed by atoms with Crippen molar-refractivity contribution in [1.29, 1.82) is 0 Å². The minimum Gasteiger partial charge on any atom is -0.481 e. The number of allylic oxidation sites excluding steroid dienone is 8. The molecule has 0 aliphatic heterocycles. The van der Waals surface area contributed by atoms with Crippen LogP contribution in [-0.4, -0.2) is 11.1 Å². The maximum Gasteiger partial charge on any atom is 0.307 e. The molecule has 0 aromatic carbocycles. The zero-order valence-electron chi connectivity index (χ0n) is 16.0. The third-order valence-electron chi connectivity index (χ3n) is 6.19. The van der Waals surface area contributed by atoms with Crippen molar-refractivity contribution in [2.45, 2.75) is 54.4 Å². The molecule has 0 bridgehead atoms. The topological polar surface area (TPSA) is 37.3 Å². The van der Waals surface area contributed by atoms with Gasteiger partial charge in [0.1, 0.15) is 0 Å². The summed E-state index contributed by atoms with van der Waals surface area (Å²) in [5.41, 5.74) is 4.08. The summed E-state index contributed by atoms with van der Waals surface area (Å²) in [6, 6.07) is 0. The minimum absolute atomic E-state index is 0.116. The lowest BCUT2D eigenvalue weighted by molar-refractivity contribution is -0.139. The van der Waals surface area contributed by atoms with Crippen LogP contribution in [0.15, 0.2) is 47.1 Å². The van der Waals surface area contributed by atoms with Crippen molar-refractivity contribution < 1.29 is 9.90 Å². The summed E-state index contributed by atoms with van der Waals surface area (Å²) in [6.07, 6.45) is 13.1. The monoisotopic (exact) mass is 328 g/mol. The van der Waals surface area contributed by atoms with E-state index < -0.39 is 5.97 Å². The van der Waals surface area contributed by atoms with Gasteiger partial charge in [-0.2, -0.15) is 0 Å². The van der Waals surface area contributed by atoms with Gasteiger partial charge in [0.25, 0.3) is 0 Å². The van der Waals surface area contributed by atoms with Crippen molar-refractivity contribution in [2.24, 2.45) is 29.1 Å². The number of rotatable bonds is 5. The molecule has 2 heteroatoms. The number of carbonyl (C=O) groups is 1. The maximum absolute atomic E-state index is 11.2. The van der Waals surface area contributed by atoms with E-state index in [0.717, 1.165) is 5.92 Å². The van der Waals surface area contributed by atoms with Crippen molar-refractivity contribution >= 4 is 5.97 Å². The van der Waals surface area contributed by atoms with Crippen LogP contribution < -0.4 is 0 Å². The van der Waals surface area contributed by atoms with Crippen molar-refractivity contribution in [3.05, 3.63) is 47.1 Å². The van der Waals surface area contributed by atoms with E-state index in [1.165, 1.54) is 29.6 Å². The van der Waals surface area contributed by atoms with E-state index in [-0.39, 0.29) is 17.3 Å². The molecule has 2 aliphatic rings. The van der Waals surface area contributed by atoms with Gasteiger partial charge in [0, 0.05) is 0 Å². The molecule has 0 radical (unpaired) electrons. The van der Waals surface area contributed by atoms with E-state index in [2.05, 4.69) is 45.9 Å². The van der Waals surface area contributed by atoms with E-state index >= 15 is 0 Å². The van der Waals surface area contributed by atoms with Crippen LogP contribution in [0.25, 0.3) is 0 Å². The number of carboxylic acids is 1. The van der Waals surface area contributed by atoms with Gasteiger partial charge in [-0.05, 0) is 55.4 Å². The predicted octanol–water partition coefficient (Wildman–Crippen LogP) is 5.78. The Labute approximate surface area is 147 Å². The highest BCUT2D eigenvalue weighted by Crippen LogP contribution is 2.59. The van der Waals surface area contributed by atoms with Crippen LogP contribution in [0.2, 0.25) is 0 Å². The molecule has 4 atom stereocenters. The molecule has 132 valence electrons. The first-order chi connectivity index (χ1) is 11.2. The van der Waals surface area contributed by atoms with Crippen molar-refractivity contribution in [2.75, 3.05) is 0 Å². The third kappa shape index (κ3) is 3.91. The molecule has 24 heavy (non-hydrogen) atoms. The smallest absolute Gasteiger partial charge is 0.307 e. The molecule has 0 spiro atoms. The second-order valence-corrected chi connectivity index (χ2v) is 8.33. The molecule has 2 rings (SSSR count). The van der Waals surface area contributed by atoms with Gasteiger partial charge in [-0.25, -0.2) is 0 Å². The fourth-order valence-corrected chi connectivity index (χ4v) is 3.94. The lowest BCUT2D eigenvalue weighted by Gasteiger charge is -2.28. The molecule has 2 aliphatic carbocycles. The predicted molar refractivity (Wildman–Crippen MR) is 101 cm³/mol. The summed E-state index contributed by atoms with van der Waals surface area (Å²) in [6.45, 7) is 13.1. The molecule has 0 saturated heterocycles. The standard InChI is InChI=1S/C22H32O2/c1-14(8-7-9-19-20(21(23)24)22(19,5)6)10-13-18-16(3)12-11-15(2)17(18)4/h7-10,13,15,17,19-20H,11-12H2,1-6H3,(H,23,24)/b9-7+,13-10?,14-8?/t15-,17+,19?,20?/m0/s1. The molecule has 0 aromatic rings. The Morgan fingerprint density at radius 3 is 2.54 bits per heavy atom. The first-order valence-electron chi connectivity index (χ1n) is 9.11. The minimum atomic E-state index is -0.682. The molecule has 1 saturated carbocycles. The molecule has 2 unspecified atom stereocenters. The summed E-state index contributed by atoms with van der Waals surface area (Å²) in [5.74, 6) is 0.602. The van der Waals surface area contributed by atoms with Gasteiger partial charge in [-0.1, -0.05) is 69.2 Å². The summed E-state index contributed by atoms with van der Waals surface area (Å²) in [5, 5.41) is 9.20. The van der Waals surface area contributed by atoms with Gasteiger partial charge in [0.15, 0.2) is 0 Å². The zero-order valence-corrected chi connectivity index (χ0v) is 16.0. The van der Waals surface area contributed by atoms with Crippen molar-refractivity contribution in [3.8, 4) is 0 Å². The van der Waals surface area contributed by atoms with Gasteiger partial charge in [0.05, 0.1) is 5.92 Å². The summed E-state index contributed by atoms with van der Waals surface area (Å²) < 4.78 is 0. The van der Waals surface area contributed by atoms with Crippen molar-refractivity contribution in [3.63, 3.8) is 0 Å². The SMILES string of the molecule is CC(C=CC1=C(C)CC[C@H](C)[C@H]1C)=C/C=C/C1C(C(=O)O)C1(C)C. The maximum atomic E-state index is 11.2. The van der Waals surface area contributed by atoms with Crippen molar-refractivity contribution in [1.82, 2.24) is 0 Å². The zero-order chi connectivity index (χ0) is 18.1. The van der Waals surface area contributed by atoms with E-state index in [1.807, 2.05) is 26.0 Å². The van der Waals surface area contributed by atoms with E-state index in [0.29, 0.717) is 5.92 Å². The van der Waals surface area contributed by atoms with E-state index in [1.54, 1.807) is 0 Å². The fraction of sp³-hybridized carbons (Fsp3) is 0.591. The molecule has 0 aromatic heterocycles. The number of hydrogen-bond acceptors (Lipinski definition) is 1. The Morgan fingerprint density at radius 1 is 1.29 bits per heavy atom. The van der Waals surface area contributed by atoms with Crippen LogP contribution in [0.4, 0.5) is 0 Å². The lowest BCUT2D eigenvalue weighted by Crippen LogP contribution is -2.16. The van der Waals surface area contributed by atoms with Gasteiger partial charge in [0.2, 0.25) is 0 Å². The molecular weight excluding hydrogens is 296 g/mol. The molecule has 1 N–H and O–H groups in total. The van der Waals surface area contributed by atoms with Gasteiger partial charge in [-0.3, -0.25) is 4.79 Å². The Morgan fingerprint density at radius 2 is 1.96 bits per heavy atom. The number of carboxylic acid groups (broad SMARTS) is 1. The quantitative estimate of drug-likeness (QED) is 0.649. The normalized spacial score (nSPS) is 33.5. The Hall–Kier alpha value is -1.57. The second kappa shape index (κ2) is 7.13. The highest BCUT2D eigenvalue weighted by atomic mass is 16.4. The van der Waals surface area contributed by atoms with Crippen LogP contribution >= 0.6 is 0 Å². The van der Waals surface area contributed by atoms with Crippen LogP contribution in [0.3, 0.4) is 0 Å². The Balaban J connectivity index is 2.00. The van der Waals surface area contributed by atoms with Gasteiger partial charge in [-0.15, -0.1) is 0 Å². The second-order valence-electron chi connectivity index (χ2n) is 8.33. The highest BCUT2D eigenvalue weighted by molar-refractivity contribution is 5.76. The molecule has 0 amide bonds. The lowest BCUT2D eigenvalue weighted by atomic mass is 9.77. The third-order valence-corrected chi connectivity index (χ3v) is 6.19. The van der Waals surface area contributed by atoms with E-state index in [9.17, 15) is 9.90 Å². The Bertz CT molecular complexity index is 616. The first kappa shape index (κ1) is 18.8. The summed E-state index contributed by atoms with van der Waals surface area (Å²) in [4.78, 5) is 11.2. The Kier molecular flexibility index (Phi) is 5.57. The van der Waals surface area contributed by atoms with Crippen LogP contribution in [0, 0.1) is 29.1 Å². The summed E-state index contributed by atoms with van der Waals surface area (Å²) in [7, 11) is 0. The largest absolute Gasteiger partial charge is 0.481 e. The van der Waals surface area contributed by atoms with Crippen LogP contribution in [0.1, 0.15) is 54.4 Å². The van der Waals surface area contributed by atoms with Crippen LogP contribution in [0.5, 0.6) is 0 Å². The molecular formula is C22H32O2. The first-order valence-corrected chi connectivity index (χ1v) is 9.11. The molecule has 0 heterocycles.